The van der Waals surface area contributed by atoms with Crippen molar-refractivity contribution in [1.29, 1.82) is 0 Å². The van der Waals surface area contributed by atoms with Crippen molar-refractivity contribution in [3.8, 4) is 0 Å². The Bertz CT molecular complexity index is 606. The van der Waals surface area contributed by atoms with Crippen molar-refractivity contribution in [3.05, 3.63) is 53.3 Å². The number of nitrogens with zero attached hydrogens (tertiary/aromatic N) is 1. The van der Waals surface area contributed by atoms with E-state index in [0.717, 1.165) is 17.4 Å². The third kappa shape index (κ3) is 2.98. The molecule has 0 amide bonds. The highest BCUT2D eigenvalue weighted by molar-refractivity contribution is 7.98. The lowest BCUT2D eigenvalue weighted by Gasteiger charge is -2.13. The molecule has 1 heterocycles. The fourth-order valence-corrected chi connectivity index (χ4v) is 3.63. The number of benzene rings is 1. The molecule has 0 bridgehead atoms. The minimum absolute atomic E-state index is 0.774. The van der Waals surface area contributed by atoms with Crippen LogP contribution in [0.1, 0.15) is 35.6 Å². The second-order valence-corrected chi connectivity index (χ2v) is 6.35. The number of hydrogen-bond donors (Lipinski definition) is 1. The van der Waals surface area contributed by atoms with Crippen LogP contribution < -0.4 is 5.32 Å². The van der Waals surface area contributed by atoms with Gasteiger partial charge < -0.3 is 5.32 Å². The van der Waals surface area contributed by atoms with Gasteiger partial charge in [0.1, 0.15) is 0 Å². The summed E-state index contributed by atoms with van der Waals surface area (Å²) in [6.07, 6.45) is 4.57. The highest BCUT2D eigenvalue weighted by Crippen LogP contribution is 2.46. The van der Waals surface area contributed by atoms with Gasteiger partial charge >= 0.3 is 0 Å². The van der Waals surface area contributed by atoms with Gasteiger partial charge in [0.15, 0.2) is 0 Å². The van der Waals surface area contributed by atoms with Gasteiger partial charge in [-0.1, -0.05) is 12.1 Å². The Balaban J connectivity index is 1.82. The highest BCUT2D eigenvalue weighted by Gasteiger charge is 2.27. The standard InChI is InChI=1S/C17H20N2S/c1-12-8-9-19-14(10-12)11-20-17-15(13-6-7-13)4-3-5-16(17)18-2/h3-5,8-10,13,18H,6-7,11H2,1-2H3. The van der Waals surface area contributed by atoms with Gasteiger partial charge in [-0.15, -0.1) is 11.8 Å². The Hall–Kier alpha value is -1.48. The van der Waals surface area contributed by atoms with Crippen molar-refractivity contribution in [2.75, 3.05) is 12.4 Å². The summed E-state index contributed by atoms with van der Waals surface area (Å²) in [6, 6.07) is 10.8. The van der Waals surface area contributed by atoms with E-state index in [1.54, 1.807) is 0 Å². The van der Waals surface area contributed by atoms with Crippen LogP contribution in [0.4, 0.5) is 5.69 Å². The fourth-order valence-electron chi connectivity index (χ4n) is 2.45. The number of hydrogen-bond acceptors (Lipinski definition) is 3. The second-order valence-electron chi connectivity index (χ2n) is 5.36. The van der Waals surface area contributed by atoms with Gasteiger partial charge in [0.2, 0.25) is 0 Å². The summed E-state index contributed by atoms with van der Waals surface area (Å²) in [5.41, 5.74) is 5.18. The van der Waals surface area contributed by atoms with Gasteiger partial charge in [-0.3, -0.25) is 4.98 Å². The first-order valence-corrected chi connectivity index (χ1v) is 8.11. The van der Waals surface area contributed by atoms with Crippen LogP contribution in [0.25, 0.3) is 0 Å². The maximum Gasteiger partial charge on any atom is 0.0508 e. The van der Waals surface area contributed by atoms with E-state index in [-0.39, 0.29) is 0 Å². The predicted octanol–water partition coefficient (Wildman–Crippen LogP) is 4.60. The van der Waals surface area contributed by atoms with E-state index in [0.29, 0.717) is 0 Å². The van der Waals surface area contributed by atoms with Crippen molar-refractivity contribution in [1.82, 2.24) is 4.98 Å². The number of anilines is 1. The summed E-state index contributed by atoms with van der Waals surface area (Å²) in [5.74, 6) is 1.70. The Morgan fingerprint density at radius 3 is 2.85 bits per heavy atom. The molecule has 3 rings (SSSR count). The zero-order valence-electron chi connectivity index (χ0n) is 12.0. The Labute approximate surface area is 125 Å². The summed E-state index contributed by atoms with van der Waals surface area (Å²) in [4.78, 5) is 5.86. The van der Waals surface area contributed by atoms with Crippen molar-refractivity contribution in [2.45, 2.75) is 36.3 Å². The van der Waals surface area contributed by atoms with Gasteiger partial charge in [-0.25, -0.2) is 0 Å². The van der Waals surface area contributed by atoms with E-state index in [2.05, 4.69) is 41.5 Å². The molecule has 0 spiro atoms. The third-order valence-corrected chi connectivity index (χ3v) is 4.85. The molecule has 1 aromatic heterocycles. The molecule has 0 radical (unpaired) electrons. The number of aromatic nitrogens is 1. The molecule has 3 heteroatoms. The molecule has 2 nitrogen and oxygen atoms in total. The van der Waals surface area contributed by atoms with Crippen LogP contribution in [0.15, 0.2) is 41.4 Å². The molecule has 2 aromatic rings. The maximum atomic E-state index is 4.46. The minimum Gasteiger partial charge on any atom is -0.387 e. The molecule has 20 heavy (non-hydrogen) atoms. The van der Waals surface area contributed by atoms with Crippen LogP contribution in [-0.4, -0.2) is 12.0 Å². The van der Waals surface area contributed by atoms with Crippen LogP contribution in [0.3, 0.4) is 0 Å². The number of thioether (sulfide) groups is 1. The van der Waals surface area contributed by atoms with Gasteiger partial charge in [-0.05, 0) is 55.0 Å². The molecule has 1 N–H and O–H groups in total. The van der Waals surface area contributed by atoms with Crippen molar-refractivity contribution >= 4 is 17.4 Å². The molecule has 1 aliphatic carbocycles. The van der Waals surface area contributed by atoms with Crippen molar-refractivity contribution < 1.29 is 0 Å². The highest BCUT2D eigenvalue weighted by atomic mass is 32.2. The van der Waals surface area contributed by atoms with E-state index < -0.39 is 0 Å². The van der Waals surface area contributed by atoms with E-state index in [1.807, 2.05) is 31.1 Å². The molecule has 104 valence electrons. The van der Waals surface area contributed by atoms with Gasteiger partial charge in [0.05, 0.1) is 5.69 Å². The Morgan fingerprint density at radius 1 is 1.30 bits per heavy atom. The van der Waals surface area contributed by atoms with Gasteiger partial charge in [-0.2, -0.15) is 0 Å². The van der Waals surface area contributed by atoms with E-state index in [1.165, 1.54) is 34.6 Å². The number of aryl methyl sites for hydroxylation is 1. The molecule has 0 saturated heterocycles. The van der Waals surface area contributed by atoms with Crippen LogP contribution in [-0.2, 0) is 5.75 Å². The topological polar surface area (TPSA) is 24.9 Å². The predicted molar refractivity (Wildman–Crippen MR) is 86.5 cm³/mol. The monoisotopic (exact) mass is 284 g/mol. The maximum absolute atomic E-state index is 4.46. The normalized spacial score (nSPS) is 14.3. The lowest BCUT2D eigenvalue weighted by molar-refractivity contribution is 1.07. The van der Waals surface area contributed by atoms with E-state index in [4.69, 9.17) is 0 Å². The van der Waals surface area contributed by atoms with E-state index in [9.17, 15) is 0 Å². The lowest BCUT2D eigenvalue weighted by Crippen LogP contribution is -1.96. The molecular formula is C17H20N2S. The summed E-state index contributed by atoms with van der Waals surface area (Å²) in [5, 5.41) is 3.33. The van der Waals surface area contributed by atoms with Gasteiger partial charge in [0, 0.05) is 29.6 Å². The largest absolute Gasteiger partial charge is 0.387 e. The number of rotatable bonds is 5. The van der Waals surface area contributed by atoms with E-state index >= 15 is 0 Å². The summed E-state index contributed by atoms with van der Waals surface area (Å²) < 4.78 is 0. The van der Waals surface area contributed by atoms with Crippen molar-refractivity contribution in [2.24, 2.45) is 0 Å². The molecule has 0 atom stereocenters. The van der Waals surface area contributed by atoms with Crippen LogP contribution in [0, 0.1) is 6.92 Å². The first-order chi connectivity index (χ1) is 9.78. The average Bonchev–Trinajstić information content (AvgIpc) is 3.29. The first kappa shape index (κ1) is 13.5. The first-order valence-electron chi connectivity index (χ1n) is 7.13. The van der Waals surface area contributed by atoms with Crippen molar-refractivity contribution in [3.63, 3.8) is 0 Å². The molecule has 0 unspecified atom stereocenters. The smallest absolute Gasteiger partial charge is 0.0508 e. The quantitative estimate of drug-likeness (QED) is 0.812. The molecule has 1 saturated carbocycles. The third-order valence-electron chi connectivity index (χ3n) is 3.67. The molecule has 1 aliphatic rings. The van der Waals surface area contributed by atoms with Crippen LogP contribution in [0.2, 0.25) is 0 Å². The zero-order valence-corrected chi connectivity index (χ0v) is 12.8. The Kier molecular flexibility index (Phi) is 3.97. The average molecular weight is 284 g/mol. The zero-order chi connectivity index (χ0) is 13.9. The summed E-state index contributed by atoms with van der Waals surface area (Å²) in [7, 11) is 2.00. The Morgan fingerprint density at radius 2 is 2.15 bits per heavy atom. The molecule has 0 aliphatic heterocycles. The number of pyridine rings is 1. The van der Waals surface area contributed by atoms with Crippen LogP contribution in [0.5, 0.6) is 0 Å². The number of nitrogens with one attached hydrogen (secondary N) is 1. The minimum atomic E-state index is 0.774. The molecular weight excluding hydrogens is 264 g/mol. The summed E-state index contributed by atoms with van der Waals surface area (Å²) >= 11 is 1.90. The molecule has 1 fully saturated rings. The fraction of sp³-hybridized carbons (Fsp3) is 0.353. The SMILES string of the molecule is CNc1cccc(C2CC2)c1SCc1cc(C)ccn1. The van der Waals surface area contributed by atoms with Crippen LogP contribution >= 0.6 is 11.8 Å². The van der Waals surface area contributed by atoms with Gasteiger partial charge in [0.25, 0.3) is 0 Å². The second kappa shape index (κ2) is 5.88. The summed E-state index contributed by atoms with van der Waals surface area (Å²) in [6.45, 7) is 2.12. The lowest BCUT2D eigenvalue weighted by atomic mass is 10.1. The molecule has 1 aromatic carbocycles.